The third-order valence-corrected chi connectivity index (χ3v) is 6.46. The Bertz CT molecular complexity index is 805. The first kappa shape index (κ1) is 20.3. The Morgan fingerprint density at radius 1 is 1.28 bits per heavy atom. The van der Waals surface area contributed by atoms with Crippen LogP contribution < -0.4 is 0 Å². The summed E-state index contributed by atoms with van der Waals surface area (Å²) in [4.78, 5) is 28.1. The van der Waals surface area contributed by atoms with Crippen LogP contribution in [-0.2, 0) is 35.1 Å². The quantitative estimate of drug-likeness (QED) is 0.719. The Labute approximate surface area is 171 Å². The molecule has 0 aromatic heterocycles. The molecule has 0 bridgehead atoms. The molecule has 3 heterocycles. The number of carbonyl (C=O) groups excluding carboxylic acids is 2. The number of amides is 1. The van der Waals surface area contributed by atoms with Crippen LogP contribution in [0.3, 0.4) is 0 Å². The van der Waals surface area contributed by atoms with Crippen molar-refractivity contribution in [3.05, 3.63) is 35.9 Å². The van der Waals surface area contributed by atoms with Gasteiger partial charge < -0.3 is 18.9 Å². The molecule has 158 valence electrons. The molecule has 0 radical (unpaired) electrons. The van der Waals surface area contributed by atoms with Crippen molar-refractivity contribution in [2.75, 3.05) is 13.7 Å². The van der Waals surface area contributed by atoms with Crippen molar-refractivity contribution < 1.29 is 28.5 Å². The summed E-state index contributed by atoms with van der Waals surface area (Å²) in [6.45, 7) is 8.20. The molecule has 3 aliphatic rings. The van der Waals surface area contributed by atoms with Crippen molar-refractivity contribution in [1.29, 1.82) is 0 Å². The maximum absolute atomic E-state index is 13.5. The Balaban J connectivity index is 1.63. The van der Waals surface area contributed by atoms with Crippen molar-refractivity contribution >= 4 is 11.9 Å². The second kappa shape index (κ2) is 6.79. The largest absolute Gasteiger partial charge is 0.467 e. The van der Waals surface area contributed by atoms with E-state index >= 15 is 0 Å². The van der Waals surface area contributed by atoms with Crippen molar-refractivity contribution in [3.8, 4) is 0 Å². The Morgan fingerprint density at radius 2 is 1.97 bits per heavy atom. The van der Waals surface area contributed by atoms with Gasteiger partial charge in [-0.2, -0.15) is 0 Å². The van der Waals surface area contributed by atoms with Gasteiger partial charge >= 0.3 is 5.97 Å². The summed E-state index contributed by atoms with van der Waals surface area (Å²) in [7, 11) is 1.33. The zero-order valence-electron chi connectivity index (χ0n) is 17.6. The average Bonchev–Trinajstić information content (AvgIpc) is 3.30. The highest BCUT2D eigenvalue weighted by atomic mass is 16.7. The molecule has 4 rings (SSSR count). The molecule has 1 aromatic carbocycles. The minimum atomic E-state index is -1.31. The van der Waals surface area contributed by atoms with Crippen molar-refractivity contribution in [2.24, 2.45) is 11.3 Å². The summed E-state index contributed by atoms with van der Waals surface area (Å²) in [6, 6.07) is 9.78. The predicted octanol–water partition coefficient (Wildman–Crippen LogP) is 2.48. The van der Waals surface area contributed by atoms with Gasteiger partial charge in [0, 0.05) is 11.8 Å². The van der Waals surface area contributed by atoms with Crippen LogP contribution in [0, 0.1) is 11.3 Å². The summed E-state index contributed by atoms with van der Waals surface area (Å²) in [5.41, 5.74) is -1.74. The van der Waals surface area contributed by atoms with Crippen molar-refractivity contribution in [2.45, 2.75) is 64.4 Å². The number of ether oxygens (including phenoxy) is 4. The van der Waals surface area contributed by atoms with Gasteiger partial charge in [0.25, 0.3) is 0 Å². The number of fused-ring (bicyclic) bond motifs is 3. The number of hydrogen-bond donors (Lipinski definition) is 0. The number of esters is 1. The predicted molar refractivity (Wildman–Crippen MR) is 103 cm³/mol. The first-order valence-corrected chi connectivity index (χ1v) is 10.0. The third kappa shape index (κ3) is 2.82. The van der Waals surface area contributed by atoms with Gasteiger partial charge in [0.2, 0.25) is 5.91 Å². The van der Waals surface area contributed by atoms with Gasteiger partial charge in [-0.25, -0.2) is 4.79 Å². The maximum atomic E-state index is 13.5. The van der Waals surface area contributed by atoms with E-state index in [0.717, 1.165) is 5.56 Å². The van der Waals surface area contributed by atoms with Crippen LogP contribution in [0.5, 0.6) is 0 Å². The molecule has 0 spiro atoms. The van der Waals surface area contributed by atoms with E-state index in [2.05, 4.69) is 0 Å². The van der Waals surface area contributed by atoms with Crippen LogP contribution in [0.25, 0.3) is 0 Å². The lowest BCUT2D eigenvalue weighted by Gasteiger charge is -2.41. The smallest absolute Gasteiger partial charge is 0.337 e. The monoisotopic (exact) mass is 403 g/mol. The average molecular weight is 403 g/mol. The Morgan fingerprint density at radius 3 is 2.59 bits per heavy atom. The molecular weight excluding hydrogens is 374 g/mol. The van der Waals surface area contributed by atoms with Gasteiger partial charge in [-0.1, -0.05) is 51.1 Å². The molecule has 7 nitrogen and oxygen atoms in total. The normalized spacial score (nSPS) is 36.2. The number of rotatable bonds is 4. The van der Waals surface area contributed by atoms with Gasteiger partial charge in [0.15, 0.2) is 11.8 Å². The Hall–Kier alpha value is -1.96. The van der Waals surface area contributed by atoms with Crippen LogP contribution in [0.4, 0.5) is 0 Å². The van der Waals surface area contributed by atoms with E-state index in [4.69, 9.17) is 18.9 Å². The van der Waals surface area contributed by atoms with E-state index in [-0.39, 0.29) is 17.9 Å². The number of nitrogens with zero attached hydrogens (tertiary/aromatic N) is 1. The van der Waals surface area contributed by atoms with Gasteiger partial charge in [0.05, 0.1) is 26.2 Å². The molecule has 0 aliphatic carbocycles. The Kier molecular flexibility index (Phi) is 4.76. The lowest BCUT2D eigenvalue weighted by Crippen LogP contribution is -2.64. The second-order valence-electron chi connectivity index (χ2n) is 9.33. The fraction of sp³-hybridized carbons (Fsp3) is 0.636. The molecule has 0 unspecified atom stereocenters. The van der Waals surface area contributed by atoms with Crippen LogP contribution in [-0.4, -0.2) is 54.2 Å². The molecule has 5 atom stereocenters. The fourth-order valence-electron chi connectivity index (χ4n) is 4.97. The first-order chi connectivity index (χ1) is 13.6. The van der Waals surface area contributed by atoms with Crippen LogP contribution in [0.2, 0.25) is 0 Å². The van der Waals surface area contributed by atoms with Gasteiger partial charge in [-0.3, -0.25) is 9.69 Å². The fourth-order valence-corrected chi connectivity index (χ4v) is 4.97. The van der Waals surface area contributed by atoms with Gasteiger partial charge in [-0.15, -0.1) is 0 Å². The standard InChI is InChI=1S/C22H29NO6/c1-20(2,3)18-23-17(24)15-11-16(27-12-14-9-7-6-8-10-14)29-21(15,4)22(23,13-28-18)19(25)26-5/h6-10,15-16,18H,11-13H2,1-5H3/t15-,16-,18-,21-,22+/m0/s1. The van der Waals surface area contributed by atoms with Crippen LogP contribution in [0.15, 0.2) is 30.3 Å². The molecule has 3 aliphatic heterocycles. The lowest BCUT2D eigenvalue weighted by atomic mass is 9.77. The number of hydrogen-bond acceptors (Lipinski definition) is 6. The summed E-state index contributed by atoms with van der Waals surface area (Å²) < 4.78 is 23.4. The van der Waals surface area contributed by atoms with E-state index < -0.39 is 35.5 Å². The highest BCUT2D eigenvalue weighted by Gasteiger charge is 2.79. The van der Waals surface area contributed by atoms with Crippen LogP contribution in [0.1, 0.15) is 39.7 Å². The molecule has 1 amide bonds. The summed E-state index contributed by atoms with van der Waals surface area (Å²) in [6.07, 6.45) is -0.704. The highest BCUT2D eigenvalue weighted by Crippen LogP contribution is 2.58. The van der Waals surface area contributed by atoms with E-state index in [1.165, 1.54) is 7.11 Å². The second-order valence-corrected chi connectivity index (χ2v) is 9.33. The van der Waals surface area contributed by atoms with Crippen LogP contribution >= 0.6 is 0 Å². The number of carbonyl (C=O) groups is 2. The van der Waals surface area contributed by atoms with E-state index in [9.17, 15) is 9.59 Å². The molecule has 0 N–H and O–H groups in total. The first-order valence-electron chi connectivity index (χ1n) is 10.0. The highest BCUT2D eigenvalue weighted by molar-refractivity contribution is 5.97. The summed E-state index contributed by atoms with van der Waals surface area (Å²) >= 11 is 0. The maximum Gasteiger partial charge on any atom is 0.337 e. The SMILES string of the molecule is COC(=O)[C@@]12CO[C@@H](C(C)(C)C)N1C(=O)[C@@H]1C[C@@H](OCc3ccccc3)O[C@@]12C. The molecule has 3 saturated heterocycles. The van der Waals surface area contributed by atoms with E-state index in [1.807, 2.05) is 58.0 Å². The molecule has 7 heteroatoms. The van der Waals surface area contributed by atoms with Crippen molar-refractivity contribution in [1.82, 2.24) is 4.90 Å². The lowest BCUT2D eigenvalue weighted by molar-refractivity contribution is -0.207. The zero-order valence-corrected chi connectivity index (χ0v) is 17.6. The zero-order chi connectivity index (χ0) is 21.0. The number of methoxy groups -OCH3 is 1. The number of benzene rings is 1. The molecule has 1 aromatic rings. The molecule has 29 heavy (non-hydrogen) atoms. The third-order valence-electron chi connectivity index (χ3n) is 6.46. The van der Waals surface area contributed by atoms with Gasteiger partial charge in [0.1, 0.15) is 11.8 Å². The van der Waals surface area contributed by atoms with E-state index in [0.29, 0.717) is 13.0 Å². The van der Waals surface area contributed by atoms with E-state index in [1.54, 1.807) is 4.90 Å². The van der Waals surface area contributed by atoms with Gasteiger partial charge in [-0.05, 0) is 12.5 Å². The minimum absolute atomic E-state index is 0.0474. The van der Waals surface area contributed by atoms with Crippen molar-refractivity contribution in [3.63, 3.8) is 0 Å². The molecular formula is C22H29NO6. The topological polar surface area (TPSA) is 74.3 Å². The minimum Gasteiger partial charge on any atom is -0.467 e. The molecule has 0 saturated carbocycles. The molecule has 3 fully saturated rings. The summed E-state index contributed by atoms with van der Waals surface area (Å²) in [5, 5.41) is 0. The summed E-state index contributed by atoms with van der Waals surface area (Å²) in [5.74, 6) is -1.14.